The van der Waals surface area contributed by atoms with E-state index in [0.717, 1.165) is 0 Å². The Kier molecular flexibility index (Phi) is 4.31. The van der Waals surface area contributed by atoms with E-state index < -0.39 is 6.10 Å². The summed E-state index contributed by atoms with van der Waals surface area (Å²) < 4.78 is 5.62. The molecular weight excluding hydrogens is 272 g/mol. The third-order valence-electron chi connectivity index (χ3n) is 3.95. The Morgan fingerprint density at radius 3 is 2.67 bits per heavy atom. The molecular formula is C14H20N4O3. The summed E-state index contributed by atoms with van der Waals surface area (Å²) in [6.45, 7) is 2.85. The van der Waals surface area contributed by atoms with Crippen LogP contribution in [-0.2, 0) is 9.53 Å². The summed E-state index contributed by atoms with van der Waals surface area (Å²) in [6, 6.07) is 1.77. The van der Waals surface area contributed by atoms with Crippen LogP contribution in [0.4, 0.5) is 5.95 Å². The van der Waals surface area contributed by atoms with Crippen molar-refractivity contribution in [3.63, 3.8) is 0 Å². The number of nitrogens with zero attached hydrogens (tertiary/aromatic N) is 4. The molecule has 114 valence electrons. The van der Waals surface area contributed by atoms with Gasteiger partial charge in [-0.2, -0.15) is 0 Å². The van der Waals surface area contributed by atoms with E-state index in [-0.39, 0.29) is 12.0 Å². The molecule has 1 atom stereocenters. The molecule has 1 amide bonds. The first-order valence-electron chi connectivity index (χ1n) is 7.34. The van der Waals surface area contributed by atoms with Gasteiger partial charge in [-0.15, -0.1) is 0 Å². The average molecular weight is 292 g/mol. The fraction of sp³-hybridized carbons (Fsp3) is 0.643. The van der Waals surface area contributed by atoms with Crippen molar-refractivity contribution < 1.29 is 14.6 Å². The highest BCUT2D eigenvalue weighted by molar-refractivity contribution is 5.82. The first kappa shape index (κ1) is 14.2. The molecule has 0 aromatic carbocycles. The summed E-state index contributed by atoms with van der Waals surface area (Å²) in [6.07, 6.45) is 3.92. The Hall–Kier alpha value is -1.73. The molecule has 7 heteroatoms. The van der Waals surface area contributed by atoms with E-state index in [1.165, 1.54) is 0 Å². The van der Waals surface area contributed by atoms with Gasteiger partial charge in [0, 0.05) is 32.0 Å². The number of aliphatic hydroxyl groups is 1. The standard InChI is InChI=1S/C14H20N4O3/c19-11-2-6-17(7-3-11)13(20)12-10-18(8-9-21-12)14-15-4-1-5-16-14/h1,4-5,11-12,19H,2-3,6-10H2/t12-/m0/s1. The van der Waals surface area contributed by atoms with E-state index in [1.807, 2.05) is 4.90 Å². The van der Waals surface area contributed by atoms with Gasteiger partial charge in [0.2, 0.25) is 5.95 Å². The topological polar surface area (TPSA) is 78.8 Å². The molecule has 3 heterocycles. The summed E-state index contributed by atoms with van der Waals surface area (Å²) in [5, 5.41) is 9.52. The fourth-order valence-electron chi connectivity index (χ4n) is 2.72. The molecule has 1 aromatic heterocycles. The van der Waals surface area contributed by atoms with E-state index in [9.17, 15) is 9.90 Å². The van der Waals surface area contributed by atoms with Crippen LogP contribution in [0, 0.1) is 0 Å². The minimum absolute atomic E-state index is 0.00234. The second kappa shape index (κ2) is 6.36. The number of carbonyl (C=O) groups is 1. The number of aromatic nitrogens is 2. The van der Waals surface area contributed by atoms with Gasteiger partial charge in [-0.25, -0.2) is 9.97 Å². The lowest BCUT2D eigenvalue weighted by Crippen LogP contribution is -2.53. The number of rotatable bonds is 2. The lowest BCUT2D eigenvalue weighted by atomic mass is 10.1. The molecule has 21 heavy (non-hydrogen) atoms. The fourth-order valence-corrected chi connectivity index (χ4v) is 2.72. The van der Waals surface area contributed by atoms with Gasteiger partial charge >= 0.3 is 0 Å². The lowest BCUT2D eigenvalue weighted by Gasteiger charge is -2.36. The van der Waals surface area contributed by atoms with Crippen molar-refractivity contribution in [2.45, 2.75) is 25.0 Å². The maximum Gasteiger partial charge on any atom is 0.253 e. The molecule has 0 radical (unpaired) electrons. The monoisotopic (exact) mass is 292 g/mol. The zero-order valence-electron chi connectivity index (χ0n) is 11.9. The predicted molar refractivity (Wildman–Crippen MR) is 75.8 cm³/mol. The minimum Gasteiger partial charge on any atom is -0.393 e. The van der Waals surface area contributed by atoms with Gasteiger partial charge in [0.25, 0.3) is 5.91 Å². The lowest BCUT2D eigenvalue weighted by molar-refractivity contribution is -0.146. The number of piperidine rings is 1. The van der Waals surface area contributed by atoms with Gasteiger partial charge in [0.15, 0.2) is 6.10 Å². The number of morpholine rings is 1. The molecule has 1 N–H and O–H groups in total. The van der Waals surface area contributed by atoms with Crippen molar-refractivity contribution in [1.29, 1.82) is 0 Å². The highest BCUT2D eigenvalue weighted by atomic mass is 16.5. The van der Waals surface area contributed by atoms with Crippen molar-refractivity contribution in [2.24, 2.45) is 0 Å². The molecule has 0 saturated carbocycles. The van der Waals surface area contributed by atoms with Gasteiger partial charge < -0.3 is 19.6 Å². The predicted octanol–water partition coefficient (Wildman–Crippen LogP) is -0.335. The largest absolute Gasteiger partial charge is 0.393 e. The second-order valence-corrected chi connectivity index (χ2v) is 5.41. The normalized spacial score (nSPS) is 24.1. The number of hydrogen-bond acceptors (Lipinski definition) is 6. The van der Waals surface area contributed by atoms with Crippen LogP contribution in [-0.4, -0.2) is 70.9 Å². The zero-order chi connectivity index (χ0) is 14.7. The Balaban J connectivity index is 1.62. The number of hydrogen-bond donors (Lipinski definition) is 1. The average Bonchev–Trinajstić information content (AvgIpc) is 2.56. The Morgan fingerprint density at radius 1 is 1.24 bits per heavy atom. The molecule has 2 aliphatic heterocycles. The number of aliphatic hydroxyl groups excluding tert-OH is 1. The van der Waals surface area contributed by atoms with Gasteiger partial charge in [-0.3, -0.25) is 4.79 Å². The second-order valence-electron chi connectivity index (χ2n) is 5.41. The van der Waals surface area contributed by atoms with Crippen LogP contribution in [0.15, 0.2) is 18.5 Å². The van der Waals surface area contributed by atoms with Crippen molar-refractivity contribution in [3.8, 4) is 0 Å². The maximum atomic E-state index is 12.5. The summed E-state index contributed by atoms with van der Waals surface area (Å²) in [7, 11) is 0. The summed E-state index contributed by atoms with van der Waals surface area (Å²) >= 11 is 0. The van der Waals surface area contributed by atoms with Gasteiger partial charge in [-0.05, 0) is 18.9 Å². The van der Waals surface area contributed by atoms with Crippen LogP contribution < -0.4 is 4.90 Å². The van der Waals surface area contributed by atoms with Crippen LogP contribution in [0.25, 0.3) is 0 Å². The molecule has 0 unspecified atom stereocenters. The van der Waals surface area contributed by atoms with Gasteiger partial charge in [0.05, 0.1) is 19.3 Å². The molecule has 2 fully saturated rings. The number of ether oxygens (including phenoxy) is 1. The third kappa shape index (κ3) is 3.30. The molecule has 3 rings (SSSR count). The smallest absolute Gasteiger partial charge is 0.253 e. The number of carbonyl (C=O) groups excluding carboxylic acids is 1. The highest BCUT2D eigenvalue weighted by Crippen LogP contribution is 2.16. The summed E-state index contributed by atoms with van der Waals surface area (Å²) in [5.41, 5.74) is 0. The van der Waals surface area contributed by atoms with Gasteiger partial charge in [0.1, 0.15) is 0 Å². The number of likely N-dealkylation sites (tertiary alicyclic amines) is 1. The van der Waals surface area contributed by atoms with Gasteiger partial charge in [-0.1, -0.05) is 0 Å². The van der Waals surface area contributed by atoms with E-state index in [4.69, 9.17) is 4.74 Å². The molecule has 2 saturated heterocycles. The Bertz CT molecular complexity index is 476. The Morgan fingerprint density at radius 2 is 1.95 bits per heavy atom. The van der Waals surface area contributed by atoms with Crippen molar-refractivity contribution in [1.82, 2.24) is 14.9 Å². The van der Waals surface area contributed by atoms with Crippen LogP contribution in [0.1, 0.15) is 12.8 Å². The third-order valence-corrected chi connectivity index (χ3v) is 3.95. The zero-order valence-corrected chi connectivity index (χ0v) is 11.9. The van der Waals surface area contributed by atoms with Crippen LogP contribution in [0.3, 0.4) is 0 Å². The van der Waals surface area contributed by atoms with E-state index in [2.05, 4.69) is 9.97 Å². The van der Waals surface area contributed by atoms with Crippen molar-refractivity contribution in [2.75, 3.05) is 37.7 Å². The number of amides is 1. The van der Waals surface area contributed by atoms with E-state index in [1.54, 1.807) is 23.4 Å². The summed E-state index contributed by atoms with van der Waals surface area (Å²) in [4.78, 5) is 24.7. The van der Waals surface area contributed by atoms with Crippen LogP contribution in [0.2, 0.25) is 0 Å². The number of anilines is 1. The minimum atomic E-state index is -0.474. The molecule has 0 spiro atoms. The Labute approximate surface area is 123 Å². The van der Waals surface area contributed by atoms with E-state index >= 15 is 0 Å². The first-order chi connectivity index (χ1) is 10.2. The molecule has 1 aromatic rings. The summed E-state index contributed by atoms with van der Waals surface area (Å²) in [5.74, 6) is 0.634. The first-order valence-corrected chi connectivity index (χ1v) is 7.34. The quantitative estimate of drug-likeness (QED) is 0.804. The molecule has 0 aliphatic carbocycles. The van der Waals surface area contributed by atoms with Crippen molar-refractivity contribution >= 4 is 11.9 Å². The molecule has 2 aliphatic rings. The van der Waals surface area contributed by atoms with Crippen molar-refractivity contribution in [3.05, 3.63) is 18.5 Å². The van der Waals surface area contributed by atoms with Crippen LogP contribution >= 0.6 is 0 Å². The molecule has 0 bridgehead atoms. The SMILES string of the molecule is O=C([C@@H]1CN(c2ncccn2)CCO1)N1CCC(O)CC1. The highest BCUT2D eigenvalue weighted by Gasteiger charge is 2.32. The maximum absolute atomic E-state index is 12.5. The van der Waals surface area contributed by atoms with E-state index in [0.29, 0.717) is 51.6 Å². The molecule has 7 nitrogen and oxygen atoms in total. The van der Waals surface area contributed by atoms with Crippen LogP contribution in [0.5, 0.6) is 0 Å².